The molecular formula is C25H26Cl2N4O2. The van der Waals surface area contributed by atoms with Crippen LogP contribution in [0.4, 0.5) is 11.6 Å². The molecule has 3 rings (SSSR count). The maximum atomic E-state index is 12.3. The Morgan fingerprint density at radius 1 is 1.06 bits per heavy atom. The fraction of sp³-hybridized carbons (Fsp3) is 0.240. The molecule has 0 saturated heterocycles. The molecule has 172 valence electrons. The molecule has 1 amide bonds. The van der Waals surface area contributed by atoms with Crippen LogP contribution in [0.15, 0.2) is 67.0 Å². The predicted molar refractivity (Wildman–Crippen MR) is 134 cm³/mol. The van der Waals surface area contributed by atoms with Crippen molar-refractivity contribution in [2.45, 2.75) is 12.8 Å². The summed E-state index contributed by atoms with van der Waals surface area (Å²) >= 11 is 12.1. The van der Waals surface area contributed by atoms with Crippen molar-refractivity contribution in [3.05, 3.63) is 88.2 Å². The second kappa shape index (κ2) is 12.9. The summed E-state index contributed by atoms with van der Waals surface area (Å²) in [7, 11) is 1.68. The monoisotopic (exact) mass is 484 g/mol. The van der Waals surface area contributed by atoms with Gasteiger partial charge in [0.25, 0.3) is 5.91 Å². The number of amides is 1. The first-order valence-electron chi connectivity index (χ1n) is 10.6. The summed E-state index contributed by atoms with van der Waals surface area (Å²) in [4.78, 5) is 23.0. The fourth-order valence-electron chi connectivity index (χ4n) is 3.17. The van der Waals surface area contributed by atoms with Crippen LogP contribution in [0.5, 0.6) is 0 Å². The zero-order valence-corrected chi connectivity index (χ0v) is 19.9. The highest BCUT2D eigenvalue weighted by atomic mass is 35.5. The van der Waals surface area contributed by atoms with Crippen molar-refractivity contribution >= 4 is 46.8 Å². The van der Waals surface area contributed by atoms with E-state index >= 15 is 0 Å². The maximum absolute atomic E-state index is 12.3. The highest BCUT2D eigenvalue weighted by molar-refractivity contribution is 6.39. The van der Waals surface area contributed by atoms with Crippen molar-refractivity contribution in [3.8, 4) is 0 Å². The van der Waals surface area contributed by atoms with Crippen molar-refractivity contribution < 1.29 is 9.53 Å². The number of aromatic nitrogens is 2. The van der Waals surface area contributed by atoms with E-state index in [2.05, 4.69) is 39.6 Å². The van der Waals surface area contributed by atoms with E-state index < -0.39 is 0 Å². The first kappa shape index (κ1) is 24.7. The number of allylic oxidation sites excluding steroid dienone is 1. The lowest BCUT2D eigenvalue weighted by Gasteiger charge is -2.22. The van der Waals surface area contributed by atoms with Gasteiger partial charge in [0.05, 0.1) is 22.2 Å². The molecule has 0 saturated carbocycles. The number of anilines is 2. The third-order valence-electron chi connectivity index (χ3n) is 4.85. The van der Waals surface area contributed by atoms with E-state index in [0.29, 0.717) is 41.3 Å². The lowest BCUT2D eigenvalue weighted by molar-refractivity contribution is 0.0953. The van der Waals surface area contributed by atoms with Crippen LogP contribution in [0.25, 0.3) is 6.08 Å². The highest BCUT2D eigenvalue weighted by Gasteiger charge is 2.13. The van der Waals surface area contributed by atoms with E-state index in [1.807, 2.05) is 17.0 Å². The molecule has 0 atom stereocenters. The number of rotatable bonds is 11. The van der Waals surface area contributed by atoms with Crippen molar-refractivity contribution in [1.82, 2.24) is 15.3 Å². The summed E-state index contributed by atoms with van der Waals surface area (Å²) in [5, 5.41) is 3.56. The van der Waals surface area contributed by atoms with Crippen LogP contribution in [0, 0.1) is 0 Å². The number of hydrogen-bond donors (Lipinski definition) is 1. The van der Waals surface area contributed by atoms with E-state index in [1.54, 1.807) is 43.8 Å². The number of nitrogens with zero attached hydrogens (tertiary/aromatic N) is 3. The Labute approximate surface area is 204 Å². The molecule has 0 fully saturated rings. The Morgan fingerprint density at radius 3 is 2.42 bits per heavy atom. The molecule has 0 aliphatic heterocycles. The third kappa shape index (κ3) is 7.29. The second-order valence-corrected chi connectivity index (χ2v) is 8.00. The minimum absolute atomic E-state index is 0.259. The van der Waals surface area contributed by atoms with Gasteiger partial charge in [-0.05, 0) is 48.7 Å². The summed E-state index contributed by atoms with van der Waals surface area (Å²) < 4.78 is 5.23. The van der Waals surface area contributed by atoms with Crippen molar-refractivity contribution in [1.29, 1.82) is 0 Å². The van der Waals surface area contributed by atoms with Crippen LogP contribution in [0.3, 0.4) is 0 Å². The normalized spacial score (nSPS) is 11.0. The number of carbonyl (C=O) groups is 1. The topological polar surface area (TPSA) is 67.3 Å². The number of halogens is 2. The number of ether oxygens (including phenoxy) is 1. The average molecular weight is 485 g/mol. The number of nitrogens with one attached hydrogen (secondary N) is 1. The molecule has 2 aromatic carbocycles. The standard InChI is InChI=1S/C25H26Cl2N4O2/c1-33-18-17-31(25-29-15-6-16-30-25)20-12-10-19(11-13-20)7-3-2-4-14-28-24(32)23-21(26)8-5-9-22(23)27/h3,5-13,15-16H,2,4,14,17-18H2,1H3,(H,28,32). The Hall–Kier alpha value is -2.93. The lowest BCUT2D eigenvalue weighted by Crippen LogP contribution is -2.25. The molecule has 1 aromatic heterocycles. The van der Waals surface area contributed by atoms with Gasteiger partial charge in [0, 0.05) is 38.3 Å². The molecule has 0 unspecified atom stereocenters. The summed E-state index contributed by atoms with van der Waals surface area (Å²) in [6.07, 6.45) is 9.24. The predicted octanol–water partition coefficient (Wildman–Crippen LogP) is 5.79. The first-order valence-corrected chi connectivity index (χ1v) is 11.4. The smallest absolute Gasteiger partial charge is 0.254 e. The minimum atomic E-state index is -0.259. The van der Waals surface area contributed by atoms with Crippen LogP contribution < -0.4 is 10.2 Å². The van der Waals surface area contributed by atoms with E-state index in [4.69, 9.17) is 27.9 Å². The molecule has 0 aliphatic carbocycles. The largest absolute Gasteiger partial charge is 0.383 e. The summed E-state index contributed by atoms with van der Waals surface area (Å²) in [6, 6.07) is 15.0. The molecule has 0 bridgehead atoms. The zero-order chi connectivity index (χ0) is 23.5. The molecule has 0 radical (unpaired) electrons. The van der Waals surface area contributed by atoms with Crippen LogP contribution >= 0.6 is 23.2 Å². The van der Waals surface area contributed by atoms with Gasteiger partial charge in [0.1, 0.15) is 0 Å². The molecule has 1 heterocycles. The number of unbranched alkanes of at least 4 members (excludes halogenated alkanes) is 1. The quantitative estimate of drug-likeness (QED) is 0.348. The first-order chi connectivity index (χ1) is 16.1. The van der Waals surface area contributed by atoms with Gasteiger partial charge in [-0.1, -0.05) is 53.6 Å². The van der Waals surface area contributed by atoms with Crippen LogP contribution in [0.2, 0.25) is 10.0 Å². The number of benzene rings is 2. The summed E-state index contributed by atoms with van der Waals surface area (Å²) in [5.74, 6) is 0.378. The highest BCUT2D eigenvalue weighted by Crippen LogP contribution is 2.24. The van der Waals surface area contributed by atoms with Gasteiger partial charge in [-0.2, -0.15) is 0 Å². The number of carbonyl (C=O) groups excluding carboxylic acids is 1. The Kier molecular flexibility index (Phi) is 9.69. The number of hydrogen-bond acceptors (Lipinski definition) is 5. The lowest BCUT2D eigenvalue weighted by atomic mass is 10.1. The Bertz CT molecular complexity index is 1040. The van der Waals surface area contributed by atoms with Crippen molar-refractivity contribution in [3.63, 3.8) is 0 Å². The van der Waals surface area contributed by atoms with E-state index in [9.17, 15) is 4.79 Å². The molecule has 8 heteroatoms. The molecule has 3 aromatic rings. The molecule has 33 heavy (non-hydrogen) atoms. The third-order valence-corrected chi connectivity index (χ3v) is 5.48. The van der Waals surface area contributed by atoms with E-state index in [1.165, 1.54) is 0 Å². The van der Waals surface area contributed by atoms with Crippen molar-refractivity contribution in [2.24, 2.45) is 0 Å². The fourth-order valence-corrected chi connectivity index (χ4v) is 3.74. The molecule has 0 aliphatic rings. The van der Waals surface area contributed by atoms with Gasteiger partial charge in [-0.25, -0.2) is 9.97 Å². The van der Waals surface area contributed by atoms with Crippen LogP contribution in [0.1, 0.15) is 28.8 Å². The Morgan fingerprint density at radius 2 is 1.76 bits per heavy atom. The van der Waals surface area contributed by atoms with Gasteiger partial charge in [-0.15, -0.1) is 0 Å². The SMILES string of the molecule is COCCN(c1ccc(C=CCCCNC(=O)c2c(Cl)cccc2Cl)cc1)c1ncccn1. The minimum Gasteiger partial charge on any atom is -0.383 e. The van der Waals surface area contributed by atoms with Crippen molar-refractivity contribution in [2.75, 3.05) is 31.7 Å². The van der Waals surface area contributed by atoms with Crippen LogP contribution in [-0.4, -0.2) is 42.7 Å². The number of methoxy groups -OCH3 is 1. The summed E-state index contributed by atoms with van der Waals surface area (Å²) in [5.41, 5.74) is 2.40. The maximum Gasteiger partial charge on any atom is 0.254 e. The van der Waals surface area contributed by atoms with Gasteiger partial charge in [0.2, 0.25) is 5.95 Å². The zero-order valence-electron chi connectivity index (χ0n) is 18.4. The van der Waals surface area contributed by atoms with E-state index in [-0.39, 0.29) is 5.91 Å². The molecule has 0 spiro atoms. The van der Waals surface area contributed by atoms with Gasteiger partial charge < -0.3 is 15.0 Å². The van der Waals surface area contributed by atoms with E-state index in [0.717, 1.165) is 24.1 Å². The van der Waals surface area contributed by atoms with Gasteiger partial charge in [-0.3, -0.25) is 4.79 Å². The molecule has 1 N–H and O–H groups in total. The van der Waals surface area contributed by atoms with Gasteiger partial charge >= 0.3 is 0 Å². The summed E-state index contributed by atoms with van der Waals surface area (Å²) in [6.45, 7) is 1.76. The molecular weight excluding hydrogens is 459 g/mol. The van der Waals surface area contributed by atoms with Crippen LogP contribution in [-0.2, 0) is 4.74 Å². The molecule has 6 nitrogen and oxygen atoms in total. The van der Waals surface area contributed by atoms with Gasteiger partial charge in [0.15, 0.2) is 0 Å². The second-order valence-electron chi connectivity index (χ2n) is 7.18. The average Bonchev–Trinajstić information content (AvgIpc) is 2.83. The Balaban J connectivity index is 1.49.